The molecule has 22 heavy (non-hydrogen) atoms. The number of halogens is 1. The minimum absolute atomic E-state index is 0.0880. The molecule has 0 aliphatic carbocycles. The lowest BCUT2D eigenvalue weighted by molar-refractivity contribution is 0.155. The second-order valence-corrected chi connectivity index (χ2v) is 6.17. The standard InChI is InChI=1S/C16H15FN2O2S/c1-2-12-7-13-15(22-12)18-9-19(16(13)21)8-14(20)10-3-5-11(17)6-4-10/h3-7,9,14,20H,2,8H2,1H3. The normalized spacial score (nSPS) is 12.7. The van der Waals surface area contributed by atoms with Crippen molar-refractivity contribution in [1.29, 1.82) is 0 Å². The van der Waals surface area contributed by atoms with Crippen molar-refractivity contribution in [2.75, 3.05) is 0 Å². The Kier molecular flexibility index (Phi) is 4.04. The molecule has 3 rings (SSSR count). The molecule has 3 aromatic rings. The van der Waals surface area contributed by atoms with Crippen LogP contribution in [0.1, 0.15) is 23.5 Å². The van der Waals surface area contributed by atoms with E-state index in [1.165, 1.54) is 46.5 Å². The lowest BCUT2D eigenvalue weighted by Crippen LogP contribution is -2.23. The summed E-state index contributed by atoms with van der Waals surface area (Å²) in [7, 11) is 0. The second kappa shape index (κ2) is 5.98. The Balaban J connectivity index is 1.91. The minimum atomic E-state index is -0.887. The van der Waals surface area contributed by atoms with E-state index in [9.17, 15) is 14.3 Å². The first-order valence-corrected chi connectivity index (χ1v) is 7.81. The number of nitrogens with zero attached hydrogens (tertiary/aromatic N) is 2. The highest BCUT2D eigenvalue weighted by Gasteiger charge is 2.13. The van der Waals surface area contributed by atoms with Gasteiger partial charge in [0.25, 0.3) is 5.56 Å². The zero-order valence-electron chi connectivity index (χ0n) is 12.0. The van der Waals surface area contributed by atoms with Crippen molar-refractivity contribution in [1.82, 2.24) is 9.55 Å². The van der Waals surface area contributed by atoms with Crippen molar-refractivity contribution >= 4 is 21.6 Å². The molecule has 0 bridgehead atoms. The van der Waals surface area contributed by atoms with E-state index in [0.717, 1.165) is 16.1 Å². The van der Waals surface area contributed by atoms with Gasteiger partial charge in [-0.15, -0.1) is 11.3 Å². The molecule has 0 aliphatic rings. The van der Waals surface area contributed by atoms with E-state index in [1.54, 1.807) is 0 Å². The predicted molar refractivity (Wildman–Crippen MR) is 84.6 cm³/mol. The van der Waals surface area contributed by atoms with Gasteiger partial charge in [-0.3, -0.25) is 9.36 Å². The van der Waals surface area contributed by atoms with E-state index < -0.39 is 6.10 Å². The van der Waals surface area contributed by atoms with Crippen molar-refractivity contribution in [2.24, 2.45) is 0 Å². The van der Waals surface area contributed by atoms with Gasteiger partial charge in [-0.1, -0.05) is 19.1 Å². The summed E-state index contributed by atoms with van der Waals surface area (Å²) in [5.74, 6) is -0.360. The van der Waals surface area contributed by atoms with Crippen LogP contribution in [-0.2, 0) is 13.0 Å². The maximum atomic E-state index is 12.9. The number of hydrogen-bond donors (Lipinski definition) is 1. The van der Waals surface area contributed by atoms with Gasteiger partial charge in [0.2, 0.25) is 0 Å². The first-order valence-electron chi connectivity index (χ1n) is 7.00. The second-order valence-electron chi connectivity index (χ2n) is 5.05. The molecule has 0 aliphatic heterocycles. The van der Waals surface area contributed by atoms with Gasteiger partial charge in [0, 0.05) is 4.88 Å². The molecule has 4 nitrogen and oxygen atoms in total. The molecule has 0 radical (unpaired) electrons. The summed E-state index contributed by atoms with van der Waals surface area (Å²) in [6, 6.07) is 7.45. The molecular weight excluding hydrogens is 303 g/mol. The smallest absolute Gasteiger partial charge is 0.262 e. The number of fused-ring (bicyclic) bond motifs is 1. The first kappa shape index (κ1) is 14.9. The van der Waals surface area contributed by atoms with E-state index in [-0.39, 0.29) is 17.9 Å². The van der Waals surface area contributed by atoms with Crippen molar-refractivity contribution in [3.05, 3.63) is 63.3 Å². The molecule has 0 saturated carbocycles. The molecular formula is C16H15FN2O2S. The number of rotatable bonds is 4. The lowest BCUT2D eigenvalue weighted by Gasteiger charge is -2.12. The monoisotopic (exact) mass is 318 g/mol. The maximum absolute atomic E-state index is 12.9. The van der Waals surface area contributed by atoms with Crippen molar-refractivity contribution in [3.63, 3.8) is 0 Å². The third-order valence-electron chi connectivity index (χ3n) is 3.54. The fraction of sp³-hybridized carbons (Fsp3) is 0.250. The summed E-state index contributed by atoms with van der Waals surface area (Å²) in [5.41, 5.74) is 0.398. The van der Waals surface area contributed by atoms with Crippen molar-refractivity contribution in [3.8, 4) is 0 Å². The van der Waals surface area contributed by atoms with Crippen LogP contribution >= 0.6 is 11.3 Å². The third kappa shape index (κ3) is 2.80. The highest BCUT2D eigenvalue weighted by atomic mass is 32.1. The van der Waals surface area contributed by atoms with Crippen LogP contribution in [0.2, 0.25) is 0 Å². The number of aryl methyl sites for hydroxylation is 1. The molecule has 0 fully saturated rings. The summed E-state index contributed by atoms with van der Waals surface area (Å²) in [4.78, 5) is 18.5. The molecule has 2 aromatic heterocycles. The molecule has 0 spiro atoms. The molecule has 1 N–H and O–H groups in total. The zero-order chi connectivity index (χ0) is 15.7. The number of aromatic nitrogens is 2. The number of thiophene rings is 1. The largest absolute Gasteiger partial charge is 0.387 e. The summed E-state index contributed by atoms with van der Waals surface area (Å²) in [6.07, 6.45) is 1.42. The van der Waals surface area contributed by atoms with Gasteiger partial charge < -0.3 is 5.11 Å². The van der Waals surface area contributed by atoms with Gasteiger partial charge >= 0.3 is 0 Å². The van der Waals surface area contributed by atoms with Gasteiger partial charge in [0.05, 0.1) is 24.4 Å². The molecule has 0 amide bonds. The molecule has 114 valence electrons. The Morgan fingerprint density at radius 2 is 2.09 bits per heavy atom. The fourth-order valence-electron chi connectivity index (χ4n) is 2.29. The van der Waals surface area contributed by atoms with Crippen LogP contribution in [0.4, 0.5) is 4.39 Å². The van der Waals surface area contributed by atoms with E-state index >= 15 is 0 Å². The lowest BCUT2D eigenvalue weighted by atomic mass is 10.1. The van der Waals surface area contributed by atoms with Crippen LogP contribution < -0.4 is 5.56 Å². The number of aliphatic hydroxyl groups excluding tert-OH is 1. The SMILES string of the molecule is CCc1cc2c(=O)n(CC(O)c3ccc(F)cc3)cnc2s1. The number of benzene rings is 1. The highest BCUT2D eigenvalue weighted by Crippen LogP contribution is 2.21. The third-order valence-corrected chi connectivity index (χ3v) is 4.73. The molecule has 1 atom stereocenters. The molecule has 2 heterocycles. The zero-order valence-corrected chi connectivity index (χ0v) is 12.8. The van der Waals surface area contributed by atoms with E-state index in [1.807, 2.05) is 13.0 Å². The van der Waals surface area contributed by atoms with Gasteiger partial charge in [-0.2, -0.15) is 0 Å². The first-order chi connectivity index (χ1) is 10.6. The van der Waals surface area contributed by atoms with Gasteiger partial charge in [0.15, 0.2) is 0 Å². The van der Waals surface area contributed by atoms with E-state index in [0.29, 0.717) is 10.9 Å². The van der Waals surface area contributed by atoms with Crippen LogP contribution in [0.3, 0.4) is 0 Å². The van der Waals surface area contributed by atoms with Crippen LogP contribution in [0, 0.1) is 5.82 Å². The van der Waals surface area contributed by atoms with Gasteiger partial charge in [0.1, 0.15) is 10.6 Å². The number of aliphatic hydroxyl groups is 1. The predicted octanol–water partition coefficient (Wildman–Crippen LogP) is 2.89. The van der Waals surface area contributed by atoms with Crippen LogP contribution in [0.5, 0.6) is 0 Å². The Morgan fingerprint density at radius 1 is 1.36 bits per heavy atom. The fourth-order valence-corrected chi connectivity index (χ4v) is 3.22. The van der Waals surface area contributed by atoms with Gasteiger partial charge in [-0.05, 0) is 30.2 Å². The Hall–Kier alpha value is -2.05. The molecule has 1 aromatic carbocycles. The summed E-state index contributed by atoms with van der Waals surface area (Å²) in [5, 5.41) is 10.8. The van der Waals surface area contributed by atoms with E-state index in [4.69, 9.17) is 0 Å². The van der Waals surface area contributed by atoms with E-state index in [2.05, 4.69) is 4.98 Å². The van der Waals surface area contributed by atoms with Crippen LogP contribution in [0.15, 0.2) is 41.5 Å². The Morgan fingerprint density at radius 3 is 2.77 bits per heavy atom. The molecule has 0 saturated heterocycles. The van der Waals surface area contributed by atoms with Gasteiger partial charge in [-0.25, -0.2) is 9.37 Å². The molecule has 1 unspecified atom stereocenters. The van der Waals surface area contributed by atoms with Crippen LogP contribution in [-0.4, -0.2) is 14.7 Å². The Labute approximate surface area is 130 Å². The highest BCUT2D eigenvalue weighted by molar-refractivity contribution is 7.18. The quantitative estimate of drug-likeness (QED) is 0.805. The average Bonchev–Trinajstić information content (AvgIpc) is 2.95. The summed E-state index contributed by atoms with van der Waals surface area (Å²) < 4.78 is 14.3. The number of hydrogen-bond acceptors (Lipinski definition) is 4. The summed E-state index contributed by atoms with van der Waals surface area (Å²) >= 11 is 1.51. The molecule has 6 heteroatoms. The maximum Gasteiger partial charge on any atom is 0.262 e. The minimum Gasteiger partial charge on any atom is -0.387 e. The van der Waals surface area contributed by atoms with Crippen molar-refractivity contribution in [2.45, 2.75) is 26.0 Å². The topological polar surface area (TPSA) is 55.1 Å². The summed E-state index contributed by atoms with van der Waals surface area (Å²) in [6.45, 7) is 2.12. The Bertz CT molecular complexity index is 855. The average molecular weight is 318 g/mol. The van der Waals surface area contributed by atoms with Crippen LogP contribution in [0.25, 0.3) is 10.2 Å². The van der Waals surface area contributed by atoms with Crippen molar-refractivity contribution < 1.29 is 9.50 Å².